The molecule has 3 aromatic rings. The van der Waals surface area contributed by atoms with Crippen LogP contribution in [0.2, 0.25) is 25.7 Å². The normalized spacial score (nSPS) is 14.1. The van der Waals surface area contributed by atoms with Crippen LogP contribution in [0.3, 0.4) is 0 Å². The Kier molecular flexibility index (Phi) is 6.39. The molecule has 0 amide bonds. The summed E-state index contributed by atoms with van der Waals surface area (Å²) in [4.78, 5) is 4.38. The maximum atomic E-state index is 14.0. The molecular weight excluding hydrogens is 437 g/mol. The van der Waals surface area contributed by atoms with Gasteiger partial charge in [-0.05, 0) is 18.2 Å². The van der Waals surface area contributed by atoms with E-state index >= 15 is 0 Å². The molecule has 4 heterocycles. The maximum absolute atomic E-state index is 14.0. The number of pyridine rings is 1. The van der Waals surface area contributed by atoms with Crippen LogP contribution < -0.4 is 10.2 Å². The summed E-state index contributed by atoms with van der Waals surface area (Å²) in [6.45, 7) is 8.04. The summed E-state index contributed by atoms with van der Waals surface area (Å²) in [5, 5.41) is 25.0. The molecule has 3 aromatic heterocycles. The second-order valence-electron chi connectivity index (χ2n) is 9.08. The minimum Gasteiger partial charge on any atom is -0.477 e. The Morgan fingerprint density at radius 1 is 1.31 bits per heavy atom. The molecule has 172 valence electrons. The van der Waals surface area contributed by atoms with Crippen molar-refractivity contribution in [1.82, 2.24) is 19.3 Å². The lowest BCUT2D eigenvalue weighted by molar-refractivity contribution is 0.0908. The summed E-state index contributed by atoms with van der Waals surface area (Å²) >= 11 is 0. The lowest BCUT2D eigenvalue weighted by atomic mass is 9.77. The van der Waals surface area contributed by atoms with E-state index in [0.717, 1.165) is 6.04 Å². The third kappa shape index (κ3) is 4.32. The molecule has 4 rings (SSSR count). The van der Waals surface area contributed by atoms with Crippen molar-refractivity contribution in [2.45, 2.75) is 51.8 Å². The van der Waals surface area contributed by atoms with Gasteiger partial charge in [0.2, 0.25) is 5.88 Å². The molecule has 8 nitrogen and oxygen atoms in total. The van der Waals surface area contributed by atoms with E-state index in [2.05, 4.69) is 29.7 Å². The Balaban J connectivity index is 1.91. The van der Waals surface area contributed by atoms with Gasteiger partial charge in [0.05, 0.1) is 17.9 Å². The summed E-state index contributed by atoms with van der Waals surface area (Å²) in [5.41, 5.74) is 0.257. The second kappa shape index (κ2) is 8.93. The number of halogens is 2. The van der Waals surface area contributed by atoms with Gasteiger partial charge in [0.15, 0.2) is 0 Å². The van der Waals surface area contributed by atoms with Crippen LogP contribution >= 0.6 is 0 Å². The van der Waals surface area contributed by atoms with Gasteiger partial charge < -0.3 is 24.1 Å². The van der Waals surface area contributed by atoms with Gasteiger partial charge in [0.1, 0.15) is 18.1 Å². The van der Waals surface area contributed by atoms with Crippen molar-refractivity contribution in [3.8, 4) is 17.1 Å². The van der Waals surface area contributed by atoms with Crippen LogP contribution in [-0.4, -0.2) is 57.8 Å². The number of alkyl halides is 2. The highest BCUT2D eigenvalue weighted by Crippen LogP contribution is 2.41. The first kappa shape index (κ1) is 22.9. The Bertz CT molecular complexity index is 1110. The highest BCUT2D eigenvalue weighted by molar-refractivity contribution is 6.76. The number of hydrogen-bond acceptors (Lipinski definition) is 6. The lowest BCUT2D eigenvalue weighted by Gasteiger charge is -2.19. The molecule has 0 atom stereocenters. The fourth-order valence-corrected chi connectivity index (χ4v) is 4.67. The first-order valence-corrected chi connectivity index (χ1v) is 14.3. The summed E-state index contributed by atoms with van der Waals surface area (Å²) in [7, 11) is -3.25. The molecule has 1 aliphatic heterocycles. The Labute approximate surface area is 185 Å². The third-order valence-corrected chi connectivity index (χ3v) is 7.17. The van der Waals surface area contributed by atoms with Gasteiger partial charge >= 0.3 is 7.12 Å². The zero-order valence-corrected chi connectivity index (χ0v) is 19.4. The van der Waals surface area contributed by atoms with Crippen LogP contribution in [0.15, 0.2) is 18.3 Å². The van der Waals surface area contributed by atoms with Gasteiger partial charge in [0, 0.05) is 44.7 Å². The number of fused-ring (bicyclic) bond motifs is 2. The quantitative estimate of drug-likeness (QED) is 0.393. The van der Waals surface area contributed by atoms with Crippen LogP contribution in [0.5, 0.6) is 5.88 Å². The number of aryl methyl sites for hydroxylation is 1. The average Bonchev–Trinajstić information content (AvgIpc) is 3.26. The summed E-state index contributed by atoms with van der Waals surface area (Å²) < 4.78 is 42.8. The molecule has 0 bridgehead atoms. The predicted molar refractivity (Wildman–Crippen MR) is 120 cm³/mol. The largest absolute Gasteiger partial charge is 0.491 e. The van der Waals surface area contributed by atoms with E-state index in [1.807, 2.05) is 0 Å². The zero-order valence-electron chi connectivity index (χ0n) is 18.4. The van der Waals surface area contributed by atoms with Crippen LogP contribution in [0, 0.1) is 0 Å². The number of hydrogen-bond donors (Lipinski definition) is 2. The number of rotatable bonds is 8. The van der Waals surface area contributed by atoms with Crippen LogP contribution in [0.25, 0.3) is 22.3 Å². The van der Waals surface area contributed by atoms with Crippen molar-refractivity contribution in [1.29, 1.82) is 0 Å². The van der Waals surface area contributed by atoms with Crippen molar-refractivity contribution in [2.24, 2.45) is 0 Å². The molecule has 32 heavy (non-hydrogen) atoms. The van der Waals surface area contributed by atoms with Crippen LogP contribution in [0.1, 0.15) is 18.5 Å². The minimum atomic E-state index is -2.87. The SMILES string of the molecule is C[Si](C)(C)CCOCn1c(-c2c(C(F)F)nn3c2OCCC3)c(B(O)O)c2cccnc21. The molecule has 0 saturated carbocycles. The highest BCUT2D eigenvalue weighted by Gasteiger charge is 2.36. The van der Waals surface area contributed by atoms with Gasteiger partial charge in [-0.2, -0.15) is 5.10 Å². The van der Waals surface area contributed by atoms with E-state index in [4.69, 9.17) is 9.47 Å². The van der Waals surface area contributed by atoms with E-state index in [-0.39, 0.29) is 29.3 Å². The average molecular weight is 464 g/mol. The van der Waals surface area contributed by atoms with Crippen molar-refractivity contribution in [3.63, 3.8) is 0 Å². The molecular formula is C20H27BF2N4O4Si. The van der Waals surface area contributed by atoms with Gasteiger partial charge in [-0.1, -0.05) is 19.6 Å². The molecule has 0 aromatic carbocycles. The van der Waals surface area contributed by atoms with Crippen molar-refractivity contribution >= 4 is 31.7 Å². The monoisotopic (exact) mass is 464 g/mol. The van der Waals surface area contributed by atoms with Crippen molar-refractivity contribution < 1.29 is 28.3 Å². The van der Waals surface area contributed by atoms with Gasteiger partial charge in [0.25, 0.3) is 6.43 Å². The molecule has 0 spiro atoms. The topological polar surface area (TPSA) is 94.6 Å². The maximum Gasteiger partial charge on any atom is 0.491 e. The summed E-state index contributed by atoms with van der Waals surface area (Å²) in [5.74, 6) is 0.194. The van der Waals surface area contributed by atoms with E-state index in [0.29, 0.717) is 37.2 Å². The van der Waals surface area contributed by atoms with E-state index in [1.54, 1.807) is 22.9 Å². The first-order chi connectivity index (χ1) is 15.2. The summed E-state index contributed by atoms with van der Waals surface area (Å²) in [6, 6.07) is 4.27. The fraction of sp³-hybridized carbons (Fsp3) is 0.500. The van der Waals surface area contributed by atoms with Crippen molar-refractivity contribution in [2.75, 3.05) is 13.2 Å². The fourth-order valence-electron chi connectivity index (χ4n) is 3.91. The third-order valence-electron chi connectivity index (χ3n) is 5.46. The first-order valence-electron chi connectivity index (χ1n) is 10.6. The van der Waals surface area contributed by atoms with E-state index in [1.165, 1.54) is 4.68 Å². The Hall–Kier alpha value is -2.28. The minimum absolute atomic E-state index is 0.0212. The van der Waals surface area contributed by atoms with Crippen molar-refractivity contribution in [3.05, 3.63) is 24.0 Å². The Morgan fingerprint density at radius 3 is 2.78 bits per heavy atom. The molecule has 0 aliphatic carbocycles. The molecule has 0 fully saturated rings. The predicted octanol–water partition coefficient (Wildman–Crippen LogP) is 2.61. The van der Waals surface area contributed by atoms with E-state index in [9.17, 15) is 18.8 Å². The summed E-state index contributed by atoms with van der Waals surface area (Å²) in [6.07, 6.45) is -0.657. The zero-order chi connectivity index (χ0) is 23.0. The molecule has 0 unspecified atom stereocenters. The molecule has 0 radical (unpaired) electrons. The van der Waals surface area contributed by atoms with Gasteiger partial charge in [-0.3, -0.25) is 0 Å². The van der Waals surface area contributed by atoms with Crippen LogP contribution in [0.4, 0.5) is 8.78 Å². The highest BCUT2D eigenvalue weighted by atomic mass is 28.3. The second-order valence-corrected chi connectivity index (χ2v) is 14.7. The van der Waals surface area contributed by atoms with Gasteiger partial charge in [-0.15, -0.1) is 0 Å². The Morgan fingerprint density at radius 2 is 2.09 bits per heavy atom. The standard InChI is InChI=1S/C20H27BF2N4O4Si/c1-32(2,3)11-10-30-12-26-17(15(21(28)29)13-6-4-7-24-19(13)26)14-16(18(22)23)25-27-8-5-9-31-20(14)27/h4,6-7,18,28-29H,5,8-12H2,1-3H3. The van der Waals surface area contributed by atoms with Gasteiger partial charge in [-0.25, -0.2) is 18.4 Å². The number of nitrogens with zero attached hydrogens (tertiary/aromatic N) is 4. The molecule has 12 heteroatoms. The smallest absolute Gasteiger partial charge is 0.477 e. The van der Waals surface area contributed by atoms with Crippen LogP contribution in [-0.2, 0) is 18.0 Å². The number of ether oxygens (including phenoxy) is 2. The van der Waals surface area contributed by atoms with E-state index < -0.39 is 27.3 Å². The molecule has 0 saturated heterocycles. The lowest BCUT2D eigenvalue weighted by Crippen LogP contribution is -2.32. The molecule has 1 aliphatic rings. The molecule has 2 N–H and O–H groups in total. The number of aromatic nitrogens is 4.